The summed E-state index contributed by atoms with van der Waals surface area (Å²) in [5.41, 5.74) is 2.43. The fourth-order valence-electron chi connectivity index (χ4n) is 5.80. The van der Waals surface area contributed by atoms with Crippen LogP contribution in [0, 0.1) is 5.92 Å². The molecule has 0 unspecified atom stereocenters. The Bertz CT molecular complexity index is 1300. The van der Waals surface area contributed by atoms with Crippen LogP contribution in [0.3, 0.4) is 0 Å². The highest BCUT2D eigenvalue weighted by Crippen LogP contribution is 2.39. The third-order valence-electron chi connectivity index (χ3n) is 8.22. The minimum Gasteiger partial charge on any atom is -0.494 e. The van der Waals surface area contributed by atoms with Crippen molar-refractivity contribution >= 4 is 50.5 Å². The highest BCUT2D eigenvalue weighted by atomic mass is 35.5. The van der Waals surface area contributed by atoms with Gasteiger partial charge in [0.25, 0.3) is 0 Å². The molecule has 1 aromatic heterocycles. The first-order chi connectivity index (χ1) is 18.8. The van der Waals surface area contributed by atoms with Crippen molar-refractivity contribution in [3.8, 4) is 5.75 Å². The number of anilines is 3. The number of hydrogen-bond donors (Lipinski definition) is 1. The molecule has 0 amide bonds. The predicted octanol–water partition coefficient (Wildman–Crippen LogP) is 5.45. The van der Waals surface area contributed by atoms with Crippen LogP contribution in [0.2, 0.25) is 10.0 Å². The van der Waals surface area contributed by atoms with E-state index in [1.165, 1.54) is 10.6 Å². The van der Waals surface area contributed by atoms with Gasteiger partial charge in [-0.3, -0.25) is 4.90 Å². The van der Waals surface area contributed by atoms with Gasteiger partial charge in [0.05, 0.1) is 46.7 Å². The van der Waals surface area contributed by atoms with Gasteiger partial charge in [-0.15, -0.1) is 0 Å². The molecule has 0 bridgehead atoms. The van der Waals surface area contributed by atoms with Crippen molar-refractivity contribution in [3.63, 3.8) is 0 Å². The van der Waals surface area contributed by atoms with Crippen molar-refractivity contribution in [1.29, 1.82) is 0 Å². The van der Waals surface area contributed by atoms with Crippen molar-refractivity contribution in [3.05, 3.63) is 34.1 Å². The van der Waals surface area contributed by atoms with Crippen LogP contribution in [0.4, 0.5) is 17.3 Å². The average molecular weight is 614 g/mol. The smallest absolute Gasteiger partial charge is 0.227 e. The van der Waals surface area contributed by atoms with E-state index in [4.69, 9.17) is 32.9 Å². The molecule has 0 spiro atoms. The zero-order valence-corrected chi connectivity index (χ0v) is 26.7. The number of benzene rings is 1. The molecule has 1 N–H and O–H groups in total. The Balaban J connectivity index is 1.52. The van der Waals surface area contributed by atoms with Gasteiger partial charge in [0.2, 0.25) is 16.0 Å². The Hall–Kier alpha value is -1.85. The van der Waals surface area contributed by atoms with E-state index < -0.39 is 10.0 Å². The molecule has 9 nitrogen and oxygen atoms in total. The fourth-order valence-corrected chi connectivity index (χ4v) is 7.02. The van der Waals surface area contributed by atoms with Gasteiger partial charge < -0.3 is 15.0 Å². The molecule has 1 saturated carbocycles. The zero-order chi connectivity index (χ0) is 29.2. The highest BCUT2D eigenvalue weighted by molar-refractivity contribution is 7.88. The Morgan fingerprint density at radius 2 is 1.77 bits per heavy atom. The number of rotatable bonds is 8. The van der Waals surface area contributed by atoms with Gasteiger partial charge in [0.15, 0.2) is 0 Å². The summed E-state index contributed by atoms with van der Waals surface area (Å²) in [6.45, 7) is 10.4. The van der Waals surface area contributed by atoms with Gasteiger partial charge in [-0.25, -0.2) is 22.7 Å². The maximum atomic E-state index is 12.3. The number of halogens is 2. The van der Waals surface area contributed by atoms with Gasteiger partial charge in [0.1, 0.15) is 5.75 Å². The average Bonchev–Trinajstić information content (AvgIpc) is 2.90. The van der Waals surface area contributed by atoms with Gasteiger partial charge in [0, 0.05) is 50.9 Å². The summed E-state index contributed by atoms with van der Waals surface area (Å²) in [6, 6.07) is 3.73. The van der Waals surface area contributed by atoms with Crippen LogP contribution >= 0.6 is 23.2 Å². The lowest BCUT2D eigenvalue weighted by atomic mass is 9.81. The summed E-state index contributed by atoms with van der Waals surface area (Å²) in [7, 11) is -0.00256. The molecular formula is C28H42Cl2N6O3S. The minimum absolute atomic E-state index is 0.0806. The number of ether oxygens (including phenoxy) is 1. The molecule has 0 radical (unpaired) electrons. The molecule has 12 heteroatoms. The molecule has 2 atom stereocenters. The fraction of sp³-hybridized carbons (Fsp3) is 0.643. The van der Waals surface area contributed by atoms with Gasteiger partial charge in [-0.2, -0.15) is 0 Å². The highest BCUT2D eigenvalue weighted by Gasteiger charge is 2.33. The number of hydrogen-bond acceptors (Lipinski definition) is 8. The summed E-state index contributed by atoms with van der Waals surface area (Å²) in [6.07, 6.45) is 7.22. The van der Waals surface area contributed by atoms with Crippen molar-refractivity contribution in [2.24, 2.45) is 5.92 Å². The topological polar surface area (TPSA) is 90.9 Å². The lowest BCUT2D eigenvalue weighted by molar-refractivity contribution is 0.128. The van der Waals surface area contributed by atoms with E-state index in [0.29, 0.717) is 39.5 Å². The molecule has 4 rings (SSSR count). The molecule has 2 fully saturated rings. The molecule has 1 aliphatic carbocycles. The molecule has 40 heavy (non-hydrogen) atoms. The maximum absolute atomic E-state index is 12.3. The second-order valence-electron chi connectivity index (χ2n) is 11.9. The van der Waals surface area contributed by atoms with E-state index in [2.05, 4.69) is 40.9 Å². The van der Waals surface area contributed by atoms with E-state index in [1.54, 1.807) is 20.4 Å². The van der Waals surface area contributed by atoms with Crippen molar-refractivity contribution in [1.82, 2.24) is 19.2 Å². The second-order valence-corrected chi connectivity index (χ2v) is 14.7. The van der Waals surface area contributed by atoms with Crippen LogP contribution < -0.4 is 15.0 Å². The number of aromatic nitrogens is 2. The van der Waals surface area contributed by atoms with E-state index in [-0.39, 0.29) is 17.5 Å². The van der Waals surface area contributed by atoms with Gasteiger partial charge in [-0.05, 0) is 52.0 Å². The number of nitrogens with zero attached hydrogens (tertiary/aromatic N) is 5. The van der Waals surface area contributed by atoms with Crippen LogP contribution in [0.15, 0.2) is 18.3 Å². The molecule has 1 aromatic carbocycles. The Morgan fingerprint density at radius 1 is 1.10 bits per heavy atom. The summed E-state index contributed by atoms with van der Waals surface area (Å²) >= 11 is 13.3. The molecule has 2 aromatic rings. The van der Waals surface area contributed by atoms with Crippen LogP contribution in [0.1, 0.15) is 52.1 Å². The summed E-state index contributed by atoms with van der Waals surface area (Å²) in [4.78, 5) is 13.9. The number of sulfonamides is 1. The van der Waals surface area contributed by atoms with E-state index in [9.17, 15) is 8.42 Å². The molecule has 1 saturated heterocycles. The Labute approximate surface area is 249 Å². The number of piperazine rings is 1. The zero-order valence-electron chi connectivity index (χ0n) is 24.4. The van der Waals surface area contributed by atoms with Crippen LogP contribution in [0.5, 0.6) is 5.75 Å². The lowest BCUT2D eigenvalue weighted by Crippen LogP contribution is -2.53. The third kappa shape index (κ3) is 7.31. The quantitative estimate of drug-likeness (QED) is 0.421. The first-order valence-corrected chi connectivity index (χ1v) is 16.5. The lowest BCUT2D eigenvalue weighted by Gasteiger charge is -2.43. The van der Waals surface area contributed by atoms with Gasteiger partial charge in [-0.1, -0.05) is 36.0 Å². The van der Waals surface area contributed by atoms with Crippen LogP contribution in [-0.4, -0.2) is 85.8 Å². The first-order valence-electron chi connectivity index (χ1n) is 13.9. The largest absolute Gasteiger partial charge is 0.494 e. The maximum Gasteiger partial charge on any atom is 0.227 e. The molecule has 1 aliphatic heterocycles. The normalized spacial score (nSPS) is 21.1. The standard InChI is InChI=1S/C28H42Cl2N6O3S/c1-28(2,3)36-13-11-35(12-14-36)25-17-26(39-5)23(16-20(25)29)33-27-31-18-21(30)22(32-27)15-19-9-7-8-10-24(19)34(4)40(6,37)38/h16-19,24H,7-15H2,1-6H3,(H,31,32,33)/t19-,24+/m0/s1. The number of methoxy groups -OCH3 is 1. The SMILES string of the molecule is COc1cc(N2CCN(C(C)(C)C)CC2)c(Cl)cc1Nc1ncc(Cl)c(C[C@@H]2CCCC[C@H]2N(C)S(C)(=O)=O)n1. The number of nitrogens with one attached hydrogen (secondary N) is 1. The van der Waals surface area contributed by atoms with Gasteiger partial charge >= 0.3 is 0 Å². The predicted molar refractivity (Wildman–Crippen MR) is 164 cm³/mol. The summed E-state index contributed by atoms with van der Waals surface area (Å²) < 4.78 is 31.7. The summed E-state index contributed by atoms with van der Waals surface area (Å²) in [5.74, 6) is 1.14. The molecule has 2 heterocycles. The van der Waals surface area contributed by atoms with Crippen LogP contribution in [0.25, 0.3) is 0 Å². The van der Waals surface area contributed by atoms with E-state index in [0.717, 1.165) is 57.5 Å². The first kappa shape index (κ1) is 31.1. The Kier molecular flexibility index (Phi) is 9.77. The van der Waals surface area contributed by atoms with Crippen molar-refractivity contribution in [2.45, 2.75) is 64.5 Å². The van der Waals surface area contributed by atoms with E-state index in [1.807, 2.05) is 12.1 Å². The second kappa shape index (κ2) is 12.6. The van der Waals surface area contributed by atoms with Crippen molar-refractivity contribution < 1.29 is 13.2 Å². The molecule has 2 aliphatic rings. The minimum atomic E-state index is -3.30. The third-order valence-corrected chi connectivity index (χ3v) is 10.2. The Morgan fingerprint density at radius 3 is 2.40 bits per heavy atom. The monoisotopic (exact) mass is 612 g/mol. The van der Waals surface area contributed by atoms with E-state index >= 15 is 0 Å². The summed E-state index contributed by atoms with van der Waals surface area (Å²) in [5, 5.41) is 4.35. The van der Waals surface area contributed by atoms with Crippen LogP contribution in [-0.2, 0) is 16.4 Å². The molecular weight excluding hydrogens is 571 g/mol. The molecule has 222 valence electrons. The van der Waals surface area contributed by atoms with Crippen molar-refractivity contribution in [2.75, 3.05) is 56.8 Å².